The quantitative estimate of drug-likeness (QED) is 0.799. The number of nitrogens with two attached hydrogens (primary N) is 1. The minimum absolute atomic E-state index is 0.104. The third-order valence-corrected chi connectivity index (χ3v) is 3.70. The Hall–Kier alpha value is -1.14. The molecule has 0 fully saturated rings. The van der Waals surface area contributed by atoms with Gasteiger partial charge in [0.2, 0.25) is 0 Å². The van der Waals surface area contributed by atoms with E-state index in [4.69, 9.17) is 10.5 Å². The van der Waals surface area contributed by atoms with Gasteiger partial charge in [-0.2, -0.15) is 0 Å². The number of benzene rings is 1. The molecule has 102 valence electrons. The largest absolute Gasteiger partial charge is 0.495 e. The van der Waals surface area contributed by atoms with Gasteiger partial charge in [-0.05, 0) is 43.5 Å². The van der Waals surface area contributed by atoms with Gasteiger partial charge in [0.05, 0.1) is 7.11 Å². The standard InChI is InChI=1S/C12H18FNO3S/c1-17-12-9(5-3-4-6-14)7-10(13)8-11(12)18(2,15)16/h7-8H,3-6,14H2,1-2H3. The molecule has 0 bridgehead atoms. The summed E-state index contributed by atoms with van der Waals surface area (Å²) in [7, 11) is -2.13. The van der Waals surface area contributed by atoms with Crippen LogP contribution in [0.2, 0.25) is 0 Å². The van der Waals surface area contributed by atoms with Crippen molar-refractivity contribution in [3.8, 4) is 5.75 Å². The van der Waals surface area contributed by atoms with Crippen molar-refractivity contribution in [2.24, 2.45) is 5.73 Å². The second kappa shape index (κ2) is 6.15. The molecule has 1 rings (SSSR count). The van der Waals surface area contributed by atoms with E-state index in [0.717, 1.165) is 25.2 Å². The van der Waals surface area contributed by atoms with Crippen LogP contribution in [0.4, 0.5) is 4.39 Å². The van der Waals surface area contributed by atoms with Crippen LogP contribution >= 0.6 is 0 Å². The van der Waals surface area contributed by atoms with E-state index in [0.29, 0.717) is 18.5 Å². The van der Waals surface area contributed by atoms with Crippen LogP contribution in [-0.2, 0) is 16.3 Å². The summed E-state index contributed by atoms with van der Waals surface area (Å²) in [6.45, 7) is 0.552. The lowest BCUT2D eigenvalue weighted by molar-refractivity contribution is 0.395. The van der Waals surface area contributed by atoms with E-state index in [-0.39, 0.29) is 10.6 Å². The van der Waals surface area contributed by atoms with Gasteiger partial charge in [-0.3, -0.25) is 0 Å². The van der Waals surface area contributed by atoms with Crippen molar-refractivity contribution in [1.82, 2.24) is 0 Å². The Bertz CT molecular complexity index is 514. The molecule has 0 radical (unpaired) electrons. The topological polar surface area (TPSA) is 69.4 Å². The first-order valence-corrected chi connectivity index (χ1v) is 7.55. The Morgan fingerprint density at radius 2 is 2.00 bits per heavy atom. The van der Waals surface area contributed by atoms with Gasteiger partial charge < -0.3 is 10.5 Å². The molecule has 0 aliphatic carbocycles. The van der Waals surface area contributed by atoms with Crippen LogP contribution in [0.5, 0.6) is 5.75 Å². The number of methoxy groups -OCH3 is 1. The number of rotatable bonds is 6. The molecule has 0 aliphatic rings. The molecule has 2 N–H and O–H groups in total. The minimum Gasteiger partial charge on any atom is -0.495 e. The summed E-state index contributed by atoms with van der Waals surface area (Å²) in [6, 6.07) is 2.30. The smallest absolute Gasteiger partial charge is 0.179 e. The SMILES string of the molecule is COc1c(CCCCN)cc(F)cc1S(C)(=O)=O. The van der Waals surface area contributed by atoms with E-state index < -0.39 is 15.7 Å². The van der Waals surface area contributed by atoms with Crippen molar-refractivity contribution in [1.29, 1.82) is 0 Å². The Morgan fingerprint density at radius 3 is 2.50 bits per heavy atom. The maximum Gasteiger partial charge on any atom is 0.179 e. The second-order valence-electron chi connectivity index (χ2n) is 4.11. The summed E-state index contributed by atoms with van der Waals surface area (Å²) in [5.41, 5.74) is 5.95. The van der Waals surface area contributed by atoms with Gasteiger partial charge in [-0.1, -0.05) is 0 Å². The van der Waals surface area contributed by atoms with Crippen LogP contribution in [-0.4, -0.2) is 28.3 Å². The van der Waals surface area contributed by atoms with Crippen LogP contribution in [0.3, 0.4) is 0 Å². The second-order valence-corrected chi connectivity index (χ2v) is 6.10. The molecule has 4 nitrogen and oxygen atoms in total. The average Bonchev–Trinajstić information content (AvgIpc) is 2.27. The Balaban J connectivity index is 3.21. The summed E-state index contributed by atoms with van der Waals surface area (Å²) in [5, 5.41) is 0. The molecule has 0 saturated carbocycles. The molecule has 0 unspecified atom stereocenters. The van der Waals surface area contributed by atoms with Gasteiger partial charge in [-0.25, -0.2) is 12.8 Å². The first kappa shape index (κ1) is 14.9. The van der Waals surface area contributed by atoms with E-state index in [1.807, 2.05) is 0 Å². The molecule has 1 aromatic carbocycles. The van der Waals surface area contributed by atoms with Gasteiger partial charge in [0, 0.05) is 6.26 Å². The van der Waals surface area contributed by atoms with Crippen molar-refractivity contribution in [3.05, 3.63) is 23.5 Å². The molecule has 1 aromatic rings. The highest BCUT2D eigenvalue weighted by atomic mass is 32.2. The van der Waals surface area contributed by atoms with Crippen molar-refractivity contribution in [3.63, 3.8) is 0 Å². The van der Waals surface area contributed by atoms with Gasteiger partial charge in [0.1, 0.15) is 16.5 Å². The fourth-order valence-corrected chi connectivity index (χ4v) is 2.65. The number of unbranched alkanes of at least 4 members (excludes halogenated alkanes) is 1. The number of aryl methyl sites for hydroxylation is 1. The van der Waals surface area contributed by atoms with Crippen LogP contribution in [0.25, 0.3) is 0 Å². The number of hydrogen-bond donors (Lipinski definition) is 1. The minimum atomic E-state index is -3.51. The molecular formula is C12H18FNO3S. The maximum absolute atomic E-state index is 13.4. The lowest BCUT2D eigenvalue weighted by Crippen LogP contribution is -2.06. The highest BCUT2D eigenvalue weighted by Crippen LogP contribution is 2.30. The van der Waals surface area contributed by atoms with E-state index >= 15 is 0 Å². The highest BCUT2D eigenvalue weighted by Gasteiger charge is 2.19. The highest BCUT2D eigenvalue weighted by molar-refractivity contribution is 7.90. The zero-order valence-electron chi connectivity index (χ0n) is 10.6. The predicted octanol–water partition coefficient (Wildman–Crippen LogP) is 1.52. The van der Waals surface area contributed by atoms with Crippen LogP contribution in [0.1, 0.15) is 18.4 Å². The van der Waals surface area contributed by atoms with E-state index in [9.17, 15) is 12.8 Å². The predicted molar refractivity (Wildman–Crippen MR) is 68.1 cm³/mol. The number of ether oxygens (including phenoxy) is 1. The van der Waals surface area contributed by atoms with Gasteiger partial charge >= 0.3 is 0 Å². The van der Waals surface area contributed by atoms with Crippen molar-refractivity contribution < 1.29 is 17.5 Å². The van der Waals surface area contributed by atoms with Crippen LogP contribution in [0.15, 0.2) is 17.0 Å². The summed E-state index contributed by atoms with van der Waals surface area (Å²) in [5.74, 6) is -0.338. The molecule has 0 amide bonds. The molecule has 0 saturated heterocycles. The van der Waals surface area contributed by atoms with E-state index in [1.54, 1.807) is 0 Å². The summed E-state index contributed by atoms with van der Waals surface area (Å²) in [6.07, 6.45) is 3.14. The lowest BCUT2D eigenvalue weighted by atomic mass is 10.1. The van der Waals surface area contributed by atoms with E-state index in [2.05, 4.69) is 0 Å². The van der Waals surface area contributed by atoms with Gasteiger partial charge in [-0.15, -0.1) is 0 Å². The molecule has 0 atom stereocenters. The summed E-state index contributed by atoms with van der Waals surface area (Å²) >= 11 is 0. The number of halogens is 1. The maximum atomic E-state index is 13.4. The third kappa shape index (κ3) is 3.68. The van der Waals surface area contributed by atoms with Crippen molar-refractivity contribution >= 4 is 9.84 Å². The fourth-order valence-electron chi connectivity index (χ4n) is 1.78. The summed E-state index contributed by atoms with van der Waals surface area (Å²) in [4.78, 5) is -0.104. The number of sulfone groups is 1. The number of hydrogen-bond acceptors (Lipinski definition) is 4. The molecule has 6 heteroatoms. The lowest BCUT2D eigenvalue weighted by Gasteiger charge is -2.12. The Labute approximate surface area is 107 Å². The fraction of sp³-hybridized carbons (Fsp3) is 0.500. The van der Waals surface area contributed by atoms with Gasteiger partial charge in [0.25, 0.3) is 0 Å². The molecular weight excluding hydrogens is 257 g/mol. The van der Waals surface area contributed by atoms with Crippen LogP contribution < -0.4 is 10.5 Å². The molecule has 0 aromatic heterocycles. The normalized spacial score (nSPS) is 11.6. The average molecular weight is 275 g/mol. The first-order valence-electron chi connectivity index (χ1n) is 5.66. The zero-order valence-corrected chi connectivity index (χ0v) is 11.4. The first-order chi connectivity index (χ1) is 8.40. The van der Waals surface area contributed by atoms with E-state index in [1.165, 1.54) is 13.2 Å². The van der Waals surface area contributed by atoms with Crippen LogP contribution in [0, 0.1) is 5.82 Å². The summed E-state index contributed by atoms with van der Waals surface area (Å²) < 4.78 is 41.7. The zero-order chi connectivity index (χ0) is 13.8. The van der Waals surface area contributed by atoms with Gasteiger partial charge in [0.15, 0.2) is 9.84 Å². The molecule has 18 heavy (non-hydrogen) atoms. The molecule has 0 aliphatic heterocycles. The molecule has 0 heterocycles. The third-order valence-electron chi connectivity index (χ3n) is 2.60. The molecule has 0 spiro atoms. The Kier molecular flexibility index (Phi) is 5.10. The monoisotopic (exact) mass is 275 g/mol. The van der Waals surface area contributed by atoms with Crippen molar-refractivity contribution in [2.45, 2.75) is 24.2 Å². The Morgan fingerprint density at radius 1 is 1.33 bits per heavy atom. The van der Waals surface area contributed by atoms with Crippen molar-refractivity contribution in [2.75, 3.05) is 19.9 Å².